The van der Waals surface area contributed by atoms with E-state index in [1.807, 2.05) is 7.05 Å². The number of non-ortho nitro benzene ring substituents is 1. The van der Waals surface area contributed by atoms with Gasteiger partial charge < -0.3 is 5.32 Å². The van der Waals surface area contributed by atoms with Gasteiger partial charge in [-0.1, -0.05) is 13.8 Å². The van der Waals surface area contributed by atoms with Crippen molar-refractivity contribution >= 4 is 16.5 Å². The topological polar surface area (TPSA) is 72.2 Å². The molecule has 1 aliphatic carbocycles. The summed E-state index contributed by atoms with van der Waals surface area (Å²) in [6.07, 6.45) is 1.93. The summed E-state index contributed by atoms with van der Waals surface area (Å²) in [7, 11) is 0.759. The Morgan fingerprint density at radius 1 is 1.35 bits per heavy atom. The Balaban J connectivity index is 2.21. The third-order valence-electron chi connectivity index (χ3n) is 4.15. The van der Waals surface area contributed by atoms with Crippen LogP contribution in [0.3, 0.4) is 0 Å². The molecular formula is C14H20N2O3S. The first-order chi connectivity index (χ1) is 9.36. The van der Waals surface area contributed by atoms with Crippen LogP contribution in [-0.4, -0.2) is 27.5 Å². The van der Waals surface area contributed by atoms with E-state index in [4.69, 9.17) is 0 Å². The molecule has 0 bridgehead atoms. The SMILES string of the molecule is CNC1C(S(=O)c2ccc([N+](=O)[O-])cc2)CCC1(C)C. The van der Waals surface area contributed by atoms with Crippen molar-refractivity contribution in [3.05, 3.63) is 34.4 Å². The lowest BCUT2D eigenvalue weighted by molar-refractivity contribution is -0.384. The average molecular weight is 296 g/mol. The van der Waals surface area contributed by atoms with E-state index in [0.717, 1.165) is 12.8 Å². The van der Waals surface area contributed by atoms with E-state index in [-0.39, 0.29) is 22.4 Å². The minimum Gasteiger partial charge on any atom is -0.315 e. The molecule has 0 spiro atoms. The van der Waals surface area contributed by atoms with Crippen LogP contribution in [0, 0.1) is 15.5 Å². The molecule has 5 nitrogen and oxygen atoms in total. The van der Waals surface area contributed by atoms with E-state index in [1.54, 1.807) is 12.1 Å². The molecule has 3 unspecified atom stereocenters. The molecule has 1 fully saturated rings. The van der Waals surface area contributed by atoms with Gasteiger partial charge in [0.2, 0.25) is 0 Å². The Labute approximate surface area is 121 Å². The second kappa shape index (κ2) is 5.61. The molecular weight excluding hydrogens is 276 g/mol. The summed E-state index contributed by atoms with van der Waals surface area (Å²) in [4.78, 5) is 10.9. The quantitative estimate of drug-likeness (QED) is 0.684. The average Bonchev–Trinajstić information content (AvgIpc) is 2.72. The van der Waals surface area contributed by atoms with Crippen LogP contribution in [0.1, 0.15) is 26.7 Å². The van der Waals surface area contributed by atoms with Crippen LogP contribution in [0.15, 0.2) is 29.2 Å². The minimum atomic E-state index is -1.14. The van der Waals surface area contributed by atoms with Gasteiger partial charge >= 0.3 is 0 Å². The van der Waals surface area contributed by atoms with Gasteiger partial charge in [0.05, 0.1) is 21.0 Å². The molecule has 3 atom stereocenters. The lowest BCUT2D eigenvalue weighted by Crippen LogP contribution is -2.44. The van der Waals surface area contributed by atoms with Gasteiger partial charge in [-0.15, -0.1) is 0 Å². The van der Waals surface area contributed by atoms with Crippen molar-refractivity contribution in [1.82, 2.24) is 5.32 Å². The first-order valence-corrected chi connectivity index (χ1v) is 7.90. The maximum Gasteiger partial charge on any atom is 0.269 e. The Kier molecular flexibility index (Phi) is 4.25. The third-order valence-corrected chi connectivity index (χ3v) is 5.95. The van der Waals surface area contributed by atoms with E-state index in [2.05, 4.69) is 19.2 Å². The first kappa shape index (κ1) is 15.1. The zero-order valence-electron chi connectivity index (χ0n) is 12.0. The lowest BCUT2D eigenvalue weighted by atomic mass is 9.87. The van der Waals surface area contributed by atoms with Gasteiger partial charge in [-0.25, -0.2) is 0 Å². The summed E-state index contributed by atoms with van der Waals surface area (Å²) in [6, 6.07) is 6.24. The van der Waals surface area contributed by atoms with Crippen molar-refractivity contribution in [1.29, 1.82) is 0 Å². The van der Waals surface area contributed by atoms with Crippen LogP contribution in [0.4, 0.5) is 5.69 Å². The van der Waals surface area contributed by atoms with Crippen molar-refractivity contribution in [2.75, 3.05) is 7.05 Å². The fraction of sp³-hybridized carbons (Fsp3) is 0.571. The predicted molar refractivity (Wildman–Crippen MR) is 79.2 cm³/mol. The lowest BCUT2D eigenvalue weighted by Gasteiger charge is -2.29. The normalized spacial score (nSPS) is 26.4. The van der Waals surface area contributed by atoms with Crippen LogP contribution in [0.5, 0.6) is 0 Å². The highest BCUT2D eigenvalue weighted by Gasteiger charge is 2.44. The summed E-state index contributed by atoms with van der Waals surface area (Å²) < 4.78 is 12.7. The standard InChI is InChI=1S/C14H20N2O3S/c1-14(2)9-8-12(13(14)15-3)20(19)11-6-4-10(5-7-11)16(17)18/h4-7,12-13,15H,8-9H2,1-3H3. The Morgan fingerprint density at radius 2 is 1.95 bits per heavy atom. The van der Waals surface area contributed by atoms with Gasteiger partial charge in [0.15, 0.2) is 0 Å². The van der Waals surface area contributed by atoms with E-state index in [1.165, 1.54) is 12.1 Å². The van der Waals surface area contributed by atoms with Crippen molar-refractivity contribution in [2.24, 2.45) is 5.41 Å². The fourth-order valence-electron chi connectivity index (χ4n) is 3.02. The van der Waals surface area contributed by atoms with Gasteiger partial charge in [-0.3, -0.25) is 14.3 Å². The highest BCUT2D eigenvalue weighted by Crippen LogP contribution is 2.41. The molecule has 1 N–H and O–H groups in total. The zero-order chi connectivity index (χ0) is 14.9. The zero-order valence-corrected chi connectivity index (χ0v) is 12.8. The van der Waals surface area contributed by atoms with Crippen LogP contribution in [-0.2, 0) is 10.8 Å². The highest BCUT2D eigenvalue weighted by molar-refractivity contribution is 7.85. The number of nitrogens with zero attached hydrogens (tertiary/aromatic N) is 1. The van der Waals surface area contributed by atoms with Crippen LogP contribution >= 0.6 is 0 Å². The molecule has 0 amide bonds. The van der Waals surface area contributed by atoms with Gasteiger partial charge in [0.1, 0.15) is 0 Å². The Morgan fingerprint density at radius 3 is 2.45 bits per heavy atom. The smallest absolute Gasteiger partial charge is 0.269 e. The van der Waals surface area contributed by atoms with Gasteiger partial charge in [-0.05, 0) is 37.4 Å². The molecule has 2 rings (SSSR count). The number of rotatable bonds is 4. The number of benzene rings is 1. The summed E-state index contributed by atoms with van der Waals surface area (Å²) in [5.74, 6) is 0. The number of hydrogen-bond donors (Lipinski definition) is 1. The van der Waals surface area contributed by atoms with Crippen LogP contribution < -0.4 is 5.32 Å². The van der Waals surface area contributed by atoms with Crippen molar-refractivity contribution in [3.63, 3.8) is 0 Å². The summed E-state index contributed by atoms with van der Waals surface area (Å²) in [5, 5.41) is 14.0. The second-order valence-corrected chi connectivity index (χ2v) is 7.55. The van der Waals surface area contributed by atoms with Gasteiger partial charge in [0.25, 0.3) is 5.69 Å². The van der Waals surface area contributed by atoms with Crippen LogP contribution in [0.2, 0.25) is 0 Å². The molecule has 0 heterocycles. The minimum absolute atomic E-state index is 0.0302. The van der Waals surface area contributed by atoms with Gasteiger partial charge in [-0.2, -0.15) is 0 Å². The molecule has 1 aromatic rings. The number of nitrogens with one attached hydrogen (secondary N) is 1. The molecule has 110 valence electrons. The molecule has 0 radical (unpaired) electrons. The summed E-state index contributed by atoms with van der Waals surface area (Å²) in [6.45, 7) is 4.36. The maximum absolute atomic E-state index is 12.7. The molecule has 6 heteroatoms. The largest absolute Gasteiger partial charge is 0.315 e. The third kappa shape index (κ3) is 2.76. The van der Waals surface area contributed by atoms with E-state index in [0.29, 0.717) is 4.90 Å². The number of hydrogen-bond acceptors (Lipinski definition) is 4. The van der Waals surface area contributed by atoms with Crippen molar-refractivity contribution in [2.45, 2.75) is 42.9 Å². The molecule has 0 aromatic heterocycles. The predicted octanol–water partition coefficient (Wildman–Crippen LogP) is 2.48. The van der Waals surface area contributed by atoms with Crippen molar-refractivity contribution in [3.8, 4) is 0 Å². The molecule has 1 aliphatic rings. The van der Waals surface area contributed by atoms with E-state index >= 15 is 0 Å². The first-order valence-electron chi connectivity index (χ1n) is 6.69. The highest BCUT2D eigenvalue weighted by atomic mass is 32.2. The number of nitro groups is 1. The molecule has 1 aromatic carbocycles. The summed E-state index contributed by atoms with van der Waals surface area (Å²) in [5.41, 5.74) is 0.151. The summed E-state index contributed by atoms with van der Waals surface area (Å²) >= 11 is 0. The van der Waals surface area contributed by atoms with Crippen LogP contribution in [0.25, 0.3) is 0 Å². The van der Waals surface area contributed by atoms with Gasteiger partial charge in [0, 0.05) is 23.1 Å². The number of nitro benzene ring substituents is 1. The van der Waals surface area contributed by atoms with E-state index < -0.39 is 15.7 Å². The molecule has 0 aliphatic heterocycles. The maximum atomic E-state index is 12.7. The van der Waals surface area contributed by atoms with Crippen molar-refractivity contribution < 1.29 is 9.13 Å². The van der Waals surface area contributed by atoms with E-state index in [9.17, 15) is 14.3 Å². The molecule has 20 heavy (non-hydrogen) atoms. The monoisotopic (exact) mass is 296 g/mol. The Bertz CT molecular complexity index is 528. The Hall–Kier alpha value is -1.27. The molecule has 1 saturated carbocycles. The molecule has 0 saturated heterocycles. The fourth-order valence-corrected chi connectivity index (χ4v) is 4.86. The second-order valence-electron chi connectivity index (χ2n) is 5.88.